The maximum Gasteiger partial charge on any atom is 0.179 e. The fourth-order valence-electron chi connectivity index (χ4n) is 1.98. The fraction of sp³-hybridized carbons (Fsp3) is 0.125. The molecule has 0 amide bonds. The van der Waals surface area contributed by atoms with Gasteiger partial charge in [0.2, 0.25) is 0 Å². The Kier molecular flexibility index (Phi) is 4.47. The topological polar surface area (TPSA) is 62.5 Å². The first-order valence-electron chi connectivity index (χ1n) is 6.73. The van der Waals surface area contributed by atoms with Gasteiger partial charge in [0.1, 0.15) is 28.0 Å². The van der Waals surface area contributed by atoms with Crippen molar-refractivity contribution in [2.24, 2.45) is 0 Å². The lowest BCUT2D eigenvalue weighted by atomic mass is 10.2. The van der Waals surface area contributed by atoms with Gasteiger partial charge < -0.3 is 0 Å². The highest BCUT2D eigenvalue weighted by Crippen LogP contribution is 2.33. The van der Waals surface area contributed by atoms with Gasteiger partial charge in [-0.1, -0.05) is 19.1 Å². The van der Waals surface area contributed by atoms with Gasteiger partial charge in [0, 0.05) is 6.20 Å². The second kappa shape index (κ2) is 6.69. The smallest absolute Gasteiger partial charge is 0.179 e. The molecule has 0 aliphatic carbocycles. The van der Waals surface area contributed by atoms with Crippen LogP contribution in [0.5, 0.6) is 0 Å². The maximum absolute atomic E-state index is 9.53. The average molecular weight is 324 g/mol. The molecule has 22 heavy (non-hydrogen) atoms. The molecular weight excluding hydrogens is 312 g/mol. The van der Waals surface area contributed by atoms with Crippen LogP contribution in [0.25, 0.3) is 22.1 Å². The molecule has 0 fully saturated rings. The van der Waals surface area contributed by atoms with Crippen LogP contribution in [0.4, 0.5) is 0 Å². The minimum absolute atomic E-state index is 0.536. The molecule has 0 N–H and O–H groups in total. The Morgan fingerprint density at radius 1 is 1.23 bits per heavy atom. The van der Waals surface area contributed by atoms with Crippen LogP contribution in [0, 0.1) is 11.3 Å². The summed E-state index contributed by atoms with van der Waals surface area (Å²) in [4.78, 5) is 14.4. The standard InChI is InChI=1S/C16H12N4S2/c1-2-21-16-11(10-17)14(13-7-5-9-22-13)19-15(20-16)12-6-3-4-8-18-12/h3-9H,2H2,1H3. The Morgan fingerprint density at radius 2 is 2.14 bits per heavy atom. The molecule has 3 rings (SSSR count). The summed E-state index contributed by atoms with van der Waals surface area (Å²) >= 11 is 3.12. The zero-order valence-electron chi connectivity index (χ0n) is 11.9. The van der Waals surface area contributed by atoms with Gasteiger partial charge >= 0.3 is 0 Å². The number of aromatic nitrogens is 3. The van der Waals surface area contributed by atoms with Gasteiger partial charge in [0.15, 0.2) is 5.82 Å². The van der Waals surface area contributed by atoms with Crippen molar-refractivity contribution in [1.82, 2.24) is 15.0 Å². The molecular formula is C16H12N4S2. The molecule has 0 saturated carbocycles. The van der Waals surface area contributed by atoms with E-state index in [4.69, 9.17) is 0 Å². The molecule has 0 atom stereocenters. The predicted molar refractivity (Wildman–Crippen MR) is 89.7 cm³/mol. The molecule has 0 radical (unpaired) electrons. The molecule has 3 aromatic heterocycles. The largest absolute Gasteiger partial charge is 0.253 e. The second-order valence-electron chi connectivity index (χ2n) is 4.31. The van der Waals surface area contributed by atoms with Crippen LogP contribution in [0.3, 0.4) is 0 Å². The van der Waals surface area contributed by atoms with E-state index in [0.29, 0.717) is 27.8 Å². The molecule has 0 aliphatic heterocycles. The summed E-state index contributed by atoms with van der Waals surface area (Å²) < 4.78 is 0. The average Bonchev–Trinajstić information content (AvgIpc) is 3.09. The zero-order chi connectivity index (χ0) is 15.4. The summed E-state index contributed by atoms with van der Waals surface area (Å²) in [5.74, 6) is 1.40. The van der Waals surface area contributed by atoms with Crippen LogP contribution >= 0.6 is 23.1 Å². The van der Waals surface area contributed by atoms with E-state index in [1.807, 2.05) is 42.6 Å². The highest BCUT2D eigenvalue weighted by Gasteiger charge is 2.17. The Balaban J connectivity index is 2.24. The minimum Gasteiger partial charge on any atom is -0.253 e. The first-order chi connectivity index (χ1) is 10.8. The molecule has 108 valence electrons. The number of hydrogen-bond donors (Lipinski definition) is 0. The summed E-state index contributed by atoms with van der Waals surface area (Å²) in [6.45, 7) is 2.04. The number of pyridine rings is 1. The third kappa shape index (κ3) is 2.86. The normalized spacial score (nSPS) is 10.4. The highest BCUT2D eigenvalue weighted by atomic mass is 32.2. The first kappa shape index (κ1) is 14.7. The van der Waals surface area contributed by atoms with Gasteiger partial charge in [-0.2, -0.15) is 5.26 Å². The van der Waals surface area contributed by atoms with Gasteiger partial charge in [-0.3, -0.25) is 4.98 Å². The molecule has 0 aliphatic rings. The van der Waals surface area contributed by atoms with Gasteiger partial charge in [0.05, 0.1) is 4.88 Å². The van der Waals surface area contributed by atoms with Gasteiger partial charge in [-0.05, 0) is 29.3 Å². The quantitative estimate of drug-likeness (QED) is 0.530. The number of hydrogen-bond acceptors (Lipinski definition) is 6. The third-order valence-corrected chi connectivity index (χ3v) is 4.65. The van der Waals surface area contributed by atoms with Crippen LogP contribution < -0.4 is 0 Å². The number of nitriles is 1. The highest BCUT2D eigenvalue weighted by molar-refractivity contribution is 7.99. The van der Waals surface area contributed by atoms with Crippen molar-refractivity contribution in [1.29, 1.82) is 5.26 Å². The zero-order valence-corrected chi connectivity index (χ0v) is 13.5. The SMILES string of the molecule is CCSc1nc(-c2ccccn2)nc(-c2cccs2)c1C#N. The Labute approximate surface area is 136 Å². The first-order valence-corrected chi connectivity index (χ1v) is 8.60. The van der Waals surface area contributed by atoms with Crippen LogP contribution in [-0.4, -0.2) is 20.7 Å². The van der Waals surface area contributed by atoms with E-state index in [0.717, 1.165) is 10.6 Å². The van der Waals surface area contributed by atoms with Gasteiger partial charge in [-0.25, -0.2) is 9.97 Å². The van der Waals surface area contributed by atoms with E-state index < -0.39 is 0 Å². The summed E-state index contributed by atoms with van der Waals surface area (Å²) in [5.41, 5.74) is 1.93. The molecule has 0 saturated heterocycles. The minimum atomic E-state index is 0.536. The molecule has 3 aromatic rings. The monoisotopic (exact) mass is 324 g/mol. The fourth-order valence-corrected chi connectivity index (χ4v) is 3.41. The number of thiophene rings is 1. The van der Waals surface area contributed by atoms with Crippen LogP contribution in [0.15, 0.2) is 46.9 Å². The summed E-state index contributed by atoms with van der Waals surface area (Å²) in [5, 5.41) is 12.2. The molecule has 0 bridgehead atoms. The van der Waals surface area contributed by atoms with E-state index in [2.05, 4.69) is 21.0 Å². The summed E-state index contributed by atoms with van der Waals surface area (Å²) in [6.07, 6.45) is 1.72. The second-order valence-corrected chi connectivity index (χ2v) is 6.51. The summed E-state index contributed by atoms with van der Waals surface area (Å²) in [6, 6.07) is 11.8. The van der Waals surface area contributed by atoms with Crippen molar-refractivity contribution < 1.29 is 0 Å². The predicted octanol–water partition coefficient (Wildman–Crippen LogP) is 4.25. The van der Waals surface area contributed by atoms with E-state index >= 15 is 0 Å². The van der Waals surface area contributed by atoms with Crippen molar-refractivity contribution in [2.75, 3.05) is 5.75 Å². The van der Waals surface area contributed by atoms with Gasteiger partial charge in [-0.15, -0.1) is 23.1 Å². The maximum atomic E-state index is 9.53. The van der Waals surface area contributed by atoms with Crippen molar-refractivity contribution in [3.8, 4) is 28.2 Å². The Bertz CT molecular complexity index is 808. The molecule has 0 spiro atoms. The lowest BCUT2D eigenvalue weighted by Gasteiger charge is -2.09. The van der Waals surface area contributed by atoms with Crippen molar-refractivity contribution in [2.45, 2.75) is 11.9 Å². The molecule has 3 heterocycles. The molecule has 0 aromatic carbocycles. The lowest BCUT2D eigenvalue weighted by molar-refractivity contribution is 1.03. The Morgan fingerprint density at radius 3 is 2.77 bits per heavy atom. The van der Waals surface area contributed by atoms with Crippen LogP contribution in [0.1, 0.15) is 12.5 Å². The molecule has 6 heteroatoms. The van der Waals surface area contributed by atoms with Crippen molar-refractivity contribution >= 4 is 23.1 Å². The van der Waals surface area contributed by atoms with Crippen LogP contribution in [-0.2, 0) is 0 Å². The molecule has 0 unspecified atom stereocenters. The van der Waals surface area contributed by atoms with E-state index in [9.17, 15) is 5.26 Å². The van der Waals surface area contributed by atoms with Crippen molar-refractivity contribution in [3.05, 3.63) is 47.5 Å². The van der Waals surface area contributed by atoms with E-state index in [1.54, 1.807) is 29.3 Å². The number of thioether (sulfide) groups is 1. The summed E-state index contributed by atoms with van der Waals surface area (Å²) in [7, 11) is 0. The Hall–Kier alpha value is -2.23. The molecule has 4 nitrogen and oxygen atoms in total. The van der Waals surface area contributed by atoms with Gasteiger partial charge in [0.25, 0.3) is 0 Å². The number of nitrogens with zero attached hydrogens (tertiary/aromatic N) is 4. The third-order valence-electron chi connectivity index (χ3n) is 2.92. The van der Waals surface area contributed by atoms with Crippen molar-refractivity contribution in [3.63, 3.8) is 0 Å². The van der Waals surface area contributed by atoms with E-state index in [-0.39, 0.29) is 0 Å². The lowest BCUT2D eigenvalue weighted by Crippen LogP contribution is -2.00. The number of rotatable bonds is 4. The van der Waals surface area contributed by atoms with E-state index in [1.165, 1.54) is 0 Å². The van der Waals surface area contributed by atoms with Crippen LogP contribution in [0.2, 0.25) is 0 Å².